The van der Waals surface area contributed by atoms with E-state index in [0.717, 1.165) is 30.6 Å². The minimum absolute atomic E-state index is 0.949. The number of aromatic nitrogens is 1. The molecule has 2 fully saturated rings. The van der Waals surface area contributed by atoms with Crippen molar-refractivity contribution in [2.75, 3.05) is 29.9 Å². The third-order valence-corrected chi connectivity index (χ3v) is 4.39. The average Bonchev–Trinajstić information content (AvgIpc) is 2.97. The third kappa shape index (κ3) is 2.31. The zero-order valence-corrected chi connectivity index (χ0v) is 11.2. The van der Waals surface area contributed by atoms with E-state index in [1.807, 2.05) is 6.20 Å². The highest BCUT2D eigenvalue weighted by molar-refractivity contribution is 5.54. The Morgan fingerprint density at radius 3 is 2.83 bits per heavy atom. The molecule has 3 nitrogen and oxygen atoms in total. The van der Waals surface area contributed by atoms with Crippen LogP contribution in [0.2, 0.25) is 0 Å². The number of nitrogens with one attached hydrogen (secondary N) is 1. The van der Waals surface area contributed by atoms with Gasteiger partial charge in [0.15, 0.2) is 0 Å². The fourth-order valence-corrected chi connectivity index (χ4v) is 3.41. The Kier molecular flexibility index (Phi) is 3.39. The van der Waals surface area contributed by atoms with E-state index in [4.69, 9.17) is 0 Å². The molecule has 2 unspecified atom stereocenters. The van der Waals surface area contributed by atoms with Crippen LogP contribution in [-0.4, -0.2) is 24.6 Å². The summed E-state index contributed by atoms with van der Waals surface area (Å²) < 4.78 is 0. The summed E-state index contributed by atoms with van der Waals surface area (Å²) in [5.74, 6) is 2.92. The molecule has 3 rings (SSSR count). The van der Waals surface area contributed by atoms with Crippen molar-refractivity contribution in [3.05, 3.63) is 18.3 Å². The summed E-state index contributed by atoms with van der Waals surface area (Å²) in [5, 5.41) is 3.37. The minimum atomic E-state index is 0.949. The summed E-state index contributed by atoms with van der Waals surface area (Å²) in [4.78, 5) is 6.93. The lowest BCUT2D eigenvalue weighted by Crippen LogP contribution is -2.20. The van der Waals surface area contributed by atoms with Crippen molar-refractivity contribution in [3.8, 4) is 0 Å². The maximum absolute atomic E-state index is 4.38. The molecule has 1 aromatic rings. The first-order chi connectivity index (χ1) is 8.86. The molecule has 2 atom stereocenters. The second-order valence-corrected chi connectivity index (χ2v) is 5.68. The van der Waals surface area contributed by atoms with Gasteiger partial charge < -0.3 is 10.2 Å². The smallest absolute Gasteiger partial charge is 0.127 e. The van der Waals surface area contributed by atoms with Gasteiger partial charge in [-0.2, -0.15) is 0 Å². The van der Waals surface area contributed by atoms with E-state index in [1.165, 1.54) is 38.0 Å². The zero-order valence-electron chi connectivity index (χ0n) is 11.2. The van der Waals surface area contributed by atoms with Gasteiger partial charge in [0.25, 0.3) is 0 Å². The van der Waals surface area contributed by atoms with Crippen molar-refractivity contribution < 1.29 is 0 Å². The molecule has 1 saturated carbocycles. The molecule has 98 valence electrons. The summed E-state index contributed by atoms with van der Waals surface area (Å²) in [7, 11) is 0. The molecule has 1 N–H and O–H groups in total. The van der Waals surface area contributed by atoms with Crippen LogP contribution in [-0.2, 0) is 0 Å². The Hall–Kier alpha value is -1.25. The van der Waals surface area contributed by atoms with Gasteiger partial charge in [-0.05, 0) is 37.2 Å². The number of hydrogen-bond acceptors (Lipinski definition) is 3. The van der Waals surface area contributed by atoms with Crippen molar-refractivity contribution in [3.63, 3.8) is 0 Å². The summed E-state index contributed by atoms with van der Waals surface area (Å²) in [6.07, 6.45) is 7.39. The molecule has 2 aliphatic rings. The van der Waals surface area contributed by atoms with E-state index in [2.05, 4.69) is 34.3 Å². The standard InChI is InChI=1S/C15H23N3/c1-2-7-16-15-9-14(6-8-17-15)18-10-12-4-3-5-13(12)11-18/h6,8-9,12-13H,2-5,7,10-11H2,1H3,(H,16,17). The summed E-state index contributed by atoms with van der Waals surface area (Å²) in [6.45, 7) is 5.68. The molecule has 3 heteroatoms. The Balaban J connectivity index is 1.69. The summed E-state index contributed by atoms with van der Waals surface area (Å²) >= 11 is 0. The van der Waals surface area contributed by atoms with E-state index < -0.39 is 0 Å². The predicted molar refractivity (Wildman–Crippen MR) is 76.1 cm³/mol. The Morgan fingerprint density at radius 2 is 2.11 bits per heavy atom. The van der Waals surface area contributed by atoms with Crippen LogP contribution in [0.4, 0.5) is 11.5 Å². The zero-order chi connectivity index (χ0) is 12.4. The van der Waals surface area contributed by atoms with Crippen molar-refractivity contribution in [1.82, 2.24) is 4.98 Å². The molecule has 18 heavy (non-hydrogen) atoms. The Bertz CT molecular complexity index is 392. The van der Waals surface area contributed by atoms with Crippen LogP contribution in [0, 0.1) is 11.8 Å². The first-order valence-electron chi connectivity index (χ1n) is 7.31. The molecule has 0 amide bonds. The lowest BCUT2D eigenvalue weighted by molar-refractivity contribution is 0.494. The van der Waals surface area contributed by atoms with Gasteiger partial charge in [-0.1, -0.05) is 13.3 Å². The number of anilines is 2. The van der Waals surface area contributed by atoms with Crippen LogP contribution in [0.5, 0.6) is 0 Å². The van der Waals surface area contributed by atoms with E-state index in [-0.39, 0.29) is 0 Å². The monoisotopic (exact) mass is 245 g/mol. The molecule has 1 saturated heterocycles. The SMILES string of the molecule is CCCNc1cc(N2CC3CCCC3C2)ccn1. The van der Waals surface area contributed by atoms with E-state index in [0.29, 0.717) is 0 Å². The van der Waals surface area contributed by atoms with Crippen LogP contribution in [0.1, 0.15) is 32.6 Å². The lowest BCUT2D eigenvalue weighted by atomic mass is 10.0. The fraction of sp³-hybridized carbons (Fsp3) is 0.667. The molecule has 0 aromatic carbocycles. The number of nitrogens with zero attached hydrogens (tertiary/aromatic N) is 2. The van der Waals surface area contributed by atoms with Crippen LogP contribution in [0.3, 0.4) is 0 Å². The minimum Gasteiger partial charge on any atom is -0.371 e. The van der Waals surface area contributed by atoms with Crippen molar-refractivity contribution >= 4 is 11.5 Å². The molecule has 2 heterocycles. The lowest BCUT2D eigenvalue weighted by Gasteiger charge is -2.20. The maximum atomic E-state index is 4.38. The molecule has 1 aliphatic heterocycles. The highest BCUT2D eigenvalue weighted by atomic mass is 15.2. The van der Waals surface area contributed by atoms with Gasteiger partial charge in [-0.3, -0.25) is 0 Å². The van der Waals surface area contributed by atoms with Crippen LogP contribution in [0.25, 0.3) is 0 Å². The van der Waals surface area contributed by atoms with Crippen LogP contribution < -0.4 is 10.2 Å². The van der Waals surface area contributed by atoms with Gasteiger partial charge in [0.05, 0.1) is 0 Å². The average molecular weight is 245 g/mol. The highest BCUT2D eigenvalue weighted by Crippen LogP contribution is 2.39. The number of fused-ring (bicyclic) bond motifs is 1. The topological polar surface area (TPSA) is 28.2 Å². The molecule has 1 aromatic heterocycles. The third-order valence-electron chi connectivity index (χ3n) is 4.39. The van der Waals surface area contributed by atoms with Gasteiger partial charge in [-0.25, -0.2) is 4.98 Å². The molecular weight excluding hydrogens is 222 g/mol. The number of pyridine rings is 1. The maximum Gasteiger partial charge on any atom is 0.127 e. The predicted octanol–water partition coefficient (Wildman–Crippen LogP) is 3.14. The second kappa shape index (κ2) is 5.17. The van der Waals surface area contributed by atoms with Gasteiger partial charge in [-0.15, -0.1) is 0 Å². The van der Waals surface area contributed by atoms with Gasteiger partial charge in [0, 0.05) is 37.6 Å². The van der Waals surface area contributed by atoms with Crippen molar-refractivity contribution in [2.24, 2.45) is 11.8 Å². The fourth-order valence-electron chi connectivity index (χ4n) is 3.41. The molecule has 1 aliphatic carbocycles. The van der Waals surface area contributed by atoms with Crippen molar-refractivity contribution in [1.29, 1.82) is 0 Å². The molecule has 0 spiro atoms. The van der Waals surface area contributed by atoms with Crippen molar-refractivity contribution in [2.45, 2.75) is 32.6 Å². The van der Waals surface area contributed by atoms with E-state index in [1.54, 1.807) is 0 Å². The van der Waals surface area contributed by atoms with Gasteiger partial charge in [0.2, 0.25) is 0 Å². The van der Waals surface area contributed by atoms with E-state index >= 15 is 0 Å². The molecular formula is C15H23N3. The van der Waals surface area contributed by atoms with Crippen LogP contribution in [0.15, 0.2) is 18.3 Å². The largest absolute Gasteiger partial charge is 0.371 e. The summed E-state index contributed by atoms with van der Waals surface area (Å²) in [5.41, 5.74) is 1.35. The van der Waals surface area contributed by atoms with Gasteiger partial charge >= 0.3 is 0 Å². The summed E-state index contributed by atoms with van der Waals surface area (Å²) in [6, 6.07) is 4.36. The van der Waals surface area contributed by atoms with Gasteiger partial charge in [0.1, 0.15) is 5.82 Å². The normalized spacial score (nSPS) is 26.4. The first kappa shape index (κ1) is 11.8. The number of hydrogen-bond donors (Lipinski definition) is 1. The second-order valence-electron chi connectivity index (χ2n) is 5.68. The quantitative estimate of drug-likeness (QED) is 0.883. The Labute approximate surface area is 110 Å². The first-order valence-corrected chi connectivity index (χ1v) is 7.31. The Morgan fingerprint density at radius 1 is 1.33 bits per heavy atom. The number of rotatable bonds is 4. The molecule has 0 bridgehead atoms. The highest BCUT2D eigenvalue weighted by Gasteiger charge is 2.36. The van der Waals surface area contributed by atoms with Crippen LogP contribution >= 0.6 is 0 Å². The molecule has 0 radical (unpaired) electrons. The van der Waals surface area contributed by atoms with E-state index in [9.17, 15) is 0 Å².